The predicted molar refractivity (Wildman–Crippen MR) is 88.8 cm³/mol. The van der Waals surface area contributed by atoms with Crippen molar-refractivity contribution in [1.29, 1.82) is 0 Å². The van der Waals surface area contributed by atoms with E-state index >= 15 is 0 Å². The molecular formula is C14H18FN3S3. The number of hydrogen-bond acceptors (Lipinski definition) is 6. The first-order chi connectivity index (χ1) is 9.89. The van der Waals surface area contributed by atoms with Crippen LogP contribution in [0.4, 0.5) is 4.39 Å². The van der Waals surface area contributed by atoms with Gasteiger partial charge < -0.3 is 5.32 Å². The van der Waals surface area contributed by atoms with Crippen LogP contribution in [-0.4, -0.2) is 22.0 Å². The smallest absolute Gasteiger partial charge is 0.179 e. The maximum atomic E-state index is 14.1. The molecule has 0 amide bonds. The summed E-state index contributed by atoms with van der Waals surface area (Å²) in [6.45, 7) is 6.90. The lowest BCUT2D eigenvalue weighted by molar-refractivity contribution is 0.421. The molecule has 0 aliphatic carbocycles. The summed E-state index contributed by atoms with van der Waals surface area (Å²) in [6, 6.07) is 5.17. The minimum absolute atomic E-state index is 0.0109. The van der Waals surface area contributed by atoms with Crippen molar-refractivity contribution >= 4 is 34.9 Å². The van der Waals surface area contributed by atoms with E-state index in [1.165, 1.54) is 29.2 Å². The second-order valence-corrected chi connectivity index (χ2v) is 8.76. The highest BCUT2D eigenvalue weighted by Gasteiger charge is 2.15. The summed E-state index contributed by atoms with van der Waals surface area (Å²) in [4.78, 5) is 0.623. The first-order valence-electron chi connectivity index (χ1n) is 6.47. The normalized spacial score (nSPS) is 11.9. The van der Waals surface area contributed by atoms with E-state index < -0.39 is 0 Å². The van der Waals surface area contributed by atoms with E-state index in [2.05, 4.69) is 36.3 Å². The molecule has 0 atom stereocenters. The predicted octanol–water partition coefficient (Wildman–Crippen LogP) is 4.44. The Labute approximate surface area is 137 Å². The Balaban J connectivity index is 2.21. The van der Waals surface area contributed by atoms with Gasteiger partial charge in [-0.2, -0.15) is 0 Å². The molecule has 21 heavy (non-hydrogen) atoms. The number of aromatic nitrogens is 2. The Bertz CT molecular complexity index is 608. The molecule has 0 saturated heterocycles. The van der Waals surface area contributed by atoms with Crippen molar-refractivity contribution in [3.8, 4) is 0 Å². The molecule has 0 aliphatic rings. The van der Waals surface area contributed by atoms with Crippen LogP contribution in [0.15, 0.2) is 31.8 Å². The minimum Gasteiger partial charge on any atom is -0.308 e. The van der Waals surface area contributed by atoms with Crippen molar-refractivity contribution < 1.29 is 4.39 Å². The molecule has 7 heteroatoms. The van der Waals surface area contributed by atoms with Crippen molar-refractivity contribution in [2.45, 2.75) is 46.4 Å². The molecule has 0 bridgehead atoms. The molecule has 1 N–H and O–H groups in total. The first-order valence-corrected chi connectivity index (χ1v) is 9.32. The van der Waals surface area contributed by atoms with Gasteiger partial charge >= 0.3 is 0 Å². The van der Waals surface area contributed by atoms with Gasteiger partial charge in [0.2, 0.25) is 0 Å². The van der Waals surface area contributed by atoms with E-state index in [0.29, 0.717) is 11.4 Å². The molecule has 0 aliphatic heterocycles. The van der Waals surface area contributed by atoms with Crippen LogP contribution >= 0.6 is 34.9 Å². The number of hydrogen-bond donors (Lipinski definition) is 1. The monoisotopic (exact) mass is 343 g/mol. The Morgan fingerprint density at radius 2 is 1.95 bits per heavy atom. The highest BCUT2D eigenvalue weighted by molar-refractivity contribution is 8.03. The van der Waals surface area contributed by atoms with Crippen LogP contribution < -0.4 is 5.32 Å². The average molecular weight is 344 g/mol. The number of nitrogens with one attached hydrogen (secondary N) is 1. The maximum absolute atomic E-state index is 14.1. The fourth-order valence-electron chi connectivity index (χ4n) is 1.58. The zero-order valence-electron chi connectivity index (χ0n) is 12.4. The molecule has 0 radical (unpaired) electrons. The maximum Gasteiger partial charge on any atom is 0.179 e. The second-order valence-electron chi connectivity index (χ2n) is 5.47. The molecule has 3 nitrogen and oxygen atoms in total. The fraction of sp³-hybridized carbons (Fsp3) is 0.429. The summed E-state index contributed by atoms with van der Waals surface area (Å²) in [7, 11) is 0. The Hall–Kier alpha value is -0.630. The lowest BCUT2D eigenvalue weighted by Gasteiger charge is -2.21. The molecule has 1 heterocycles. The number of rotatable bonds is 5. The zero-order valence-corrected chi connectivity index (χ0v) is 14.9. The molecule has 0 saturated carbocycles. The number of halogens is 1. The summed E-state index contributed by atoms with van der Waals surface area (Å²) in [5, 5.41) is 11.5. The topological polar surface area (TPSA) is 37.8 Å². The summed E-state index contributed by atoms with van der Waals surface area (Å²) < 4.78 is 15.8. The van der Waals surface area contributed by atoms with Crippen LogP contribution in [0.2, 0.25) is 0 Å². The van der Waals surface area contributed by atoms with Crippen LogP contribution in [-0.2, 0) is 6.54 Å². The molecule has 0 fully saturated rings. The van der Waals surface area contributed by atoms with E-state index in [1.54, 1.807) is 17.8 Å². The van der Waals surface area contributed by atoms with Crippen LogP contribution in [0.3, 0.4) is 0 Å². The third-order valence-electron chi connectivity index (χ3n) is 2.61. The third kappa shape index (κ3) is 4.95. The average Bonchev–Trinajstić information content (AvgIpc) is 2.86. The third-order valence-corrected chi connectivity index (χ3v) is 5.72. The van der Waals surface area contributed by atoms with Crippen molar-refractivity contribution in [1.82, 2.24) is 15.5 Å². The van der Waals surface area contributed by atoms with E-state index in [0.717, 1.165) is 14.2 Å². The van der Waals surface area contributed by atoms with Gasteiger partial charge in [0, 0.05) is 12.1 Å². The molecular weight excluding hydrogens is 325 g/mol. The lowest BCUT2D eigenvalue weighted by Crippen LogP contribution is -2.35. The minimum atomic E-state index is -0.214. The second kappa shape index (κ2) is 7.09. The largest absolute Gasteiger partial charge is 0.308 e. The van der Waals surface area contributed by atoms with Gasteiger partial charge in [0.25, 0.3) is 0 Å². The number of nitrogens with zero attached hydrogens (tertiary/aromatic N) is 2. The molecule has 2 rings (SSSR count). The molecule has 114 valence electrons. The zero-order chi connectivity index (χ0) is 15.5. The fourth-order valence-corrected chi connectivity index (χ4v) is 4.09. The standard InChI is InChI=1S/C14H18FN3S3/c1-14(2,3)16-8-9-6-5-7-10(15)11(9)20-13-18-17-12(19-4)21-13/h5-7,16H,8H2,1-4H3. The Morgan fingerprint density at radius 1 is 1.24 bits per heavy atom. The Kier molecular flexibility index (Phi) is 5.65. The van der Waals surface area contributed by atoms with Gasteiger partial charge in [0.15, 0.2) is 8.68 Å². The van der Waals surface area contributed by atoms with E-state index in [-0.39, 0.29) is 11.4 Å². The SMILES string of the molecule is CSc1nnc(Sc2c(F)cccc2CNC(C)(C)C)s1. The van der Waals surface area contributed by atoms with Crippen LogP contribution in [0.25, 0.3) is 0 Å². The molecule has 0 spiro atoms. The number of thioether (sulfide) groups is 1. The molecule has 1 aromatic carbocycles. The molecule has 0 unspecified atom stereocenters. The van der Waals surface area contributed by atoms with Crippen molar-refractivity contribution in [3.63, 3.8) is 0 Å². The first kappa shape index (κ1) is 16.7. The van der Waals surface area contributed by atoms with E-state index in [9.17, 15) is 4.39 Å². The van der Waals surface area contributed by atoms with E-state index in [4.69, 9.17) is 0 Å². The van der Waals surface area contributed by atoms with Gasteiger partial charge in [-0.3, -0.25) is 0 Å². The van der Waals surface area contributed by atoms with E-state index in [1.807, 2.05) is 12.3 Å². The molecule has 1 aromatic heterocycles. The summed E-state index contributed by atoms with van der Waals surface area (Å²) in [5.74, 6) is -0.214. The van der Waals surface area contributed by atoms with Crippen molar-refractivity contribution in [2.24, 2.45) is 0 Å². The van der Waals surface area contributed by atoms with Gasteiger partial charge in [-0.25, -0.2) is 4.39 Å². The quantitative estimate of drug-likeness (QED) is 0.813. The van der Waals surface area contributed by atoms with Crippen LogP contribution in [0.5, 0.6) is 0 Å². The van der Waals surface area contributed by atoms with Gasteiger partial charge in [-0.05, 0) is 38.7 Å². The van der Waals surface area contributed by atoms with Crippen LogP contribution in [0, 0.1) is 5.82 Å². The van der Waals surface area contributed by atoms with Gasteiger partial charge in [-0.1, -0.05) is 47.0 Å². The summed E-state index contributed by atoms with van der Waals surface area (Å²) in [6.07, 6.45) is 1.96. The highest BCUT2D eigenvalue weighted by atomic mass is 32.2. The lowest BCUT2D eigenvalue weighted by atomic mass is 10.1. The molecule has 2 aromatic rings. The van der Waals surface area contributed by atoms with Gasteiger partial charge in [0.05, 0.1) is 4.90 Å². The van der Waals surface area contributed by atoms with Crippen LogP contribution in [0.1, 0.15) is 26.3 Å². The summed E-state index contributed by atoms with van der Waals surface area (Å²) in [5.41, 5.74) is 0.930. The number of benzene rings is 1. The summed E-state index contributed by atoms with van der Waals surface area (Å²) >= 11 is 4.38. The Morgan fingerprint density at radius 3 is 2.57 bits per heavy atom. The van der Waals surface area contributed by atoms with Crippen molar-refractivity contribution in [3.05, 3.63) is 29.6 Å². The highest BCUT2D eigenvalue weighted by Crippen LogP contribution is 2.36. The van der Waals surface area contributed by atoms with Gasteiger partial charge in [0.1, 0.15) is 5.82 Å². The van der Waals surface area contributed by atoms with Gasteiger partial charge in [-0.15, -0.1) is 10.2 Å². The van der Waals surface area contributed by atoms with Crippen molar-refractivity contribution in [2.75, 3.05) is 6.26 Å².